The smallest absolute Gasteiger partial charge is 0.0549 e. The fraction of sp³-hybridized carbons (Fsp3) is 1.00. The zero-order valence-corrected chi connectivity index (χ0v) is 7.10. The number of ether oxygens (including phenoxy) is 1. The van der Waals surface area contributed by atoms with Crippen LogP contribution in [0.25, 0.3) is 0 Å². The zero-order chi connectivity index (χ0) is 7.40. The second kappa shape index (κ2) is 3.97. The highest BCUT2D eigenvalue weighted by atomic mass is 16.5. The SMILES string of the molecule is CCCC1CCOC(C)C1. The predicted octanol–water partition coefficient (Wildman–Crippen LogP) is 2.60. The molecule has 1 aliphatic rings. The van der Waals surface area contributed by atoms with Gasteiger partial charge in [-0.05, 0) is 25.7 Å². The molecule has 10 heavy (non-hydrogen) atoms. The first-order valence-electron chi connectivity index (χ1n) is 4.44. The Balaban J connectivity index is 2.18. The van der Waals surface area contributed by atoms with Crippen LogP contribution in [-0.2, 0) is 4.74 Å². The van der Waals surface area contributed by atoms with Crippen molar-refractivity contribution in [3.63, 3.8) is 0 Å². The van der Waals surface area contributed by atoms with E-state index in [0.717, 1.165) is 12.5 Å². The van der Waals surface area contributed by atoms with Gasteiger partial charge in [-0.15, -0.1) is 0 Å². The average Bonchev–Trinajstić information content (AvgIpc) is 1.88. The Hall–Kier alpha value is -0.0400. The van der Waals surface area contributed by atoms with E-state index in [1.807, 2.05) is 0 Å². The van der Waals surface area contributed by atoms with Crippen molar-refractivity contribution in [1.29, 1.82) is 0 Å². The summed E-state index contributed by atoms with van der Waals surface area (Å²) in [5.74, 6) is 0.953. The second-order valence-corrected chi connectivity index (χ2v) is 3.36. The maximum Gasteiger partial charge on any atom is 0.0549 e. The molecule has 0 spiro atoms. The highest BCUT2D eigenvalue weighted by Gasteiger charge is 2.17. The van der Waals surface area contributed by atoms with Crippen molar-refractivity contribution in [1.82, 2.24) is 0 Å². The Bertz CT molecular complexity index is 88.7. The van der Waals surface area contributed by atoms with Crippen molar-refractivity contribution in [2.45, 2.75) is 45.6 Å². The van der Waals surface area contributed by atoms with E-state index in [1.165, 1.54) is 25.7 Å². The molecule has 1 heterocycles. The molecule has 0 aromatic rings. The first-order chi connectivity index (χ1) is 4.83. The molecule has 2 atom stereocenters. The Kier molecular flexibility index (Phi) is 3.20. The highest BCUT2D eigenvalue weighted by Crippen LogP contribution is 2.23. The van der Waals surface area contributed by atoms with Crippen LogP contribution >= 0.6 is 0 Å². The van der Waals surface area contributed by atoms with Crippen molar-refractivity contribution in [3.05, 3.63) is 0 Å². The van der Waals surface area contributed by atoms with Gasteiger partial charge in [0.1, 0.15) is 0 Å². The molecule has 0 aromatic carbocycles. The molecular formula is C9H18O. The minimum atomic E-state index is 0.519. The number of rotatable bonds is 2. The summed E-state index contributed by atoms with van der Waals surface area (Å²) in [5, 5.41) is 0. The van der Waals surface area contributed by atoms with E-state index >= 15 is 0 Å². The van der Waals surface area contributed by atoms with Crippen LogP contribution in [0.4, 0.5) is 0 Å². The second-order valence-electron chi connectivity index (χ2n) is 3.36. The van der Waals surface area contributed by atoms with Gasteiger partial charge in [-0.1, -0.05) is 19.8 Å². The van der Waals surface area contributed by atoms with Crippen LogP contribution < -0.4 is 0 Å². The molecule has 0 aromatic heterocycles. The van der Waals surface area contributed by atoms with E-state index in [4.69, 9.17) is 4.74 Å². The van der Waals surface area contributed by atoms with Crippen molar-refractivity contribution >= 4 is 0 Å². The third kappa shape index (κ3) is 2.30. The van der Waals surface area contributed by atoms with Crippen LogP contribution in [0.1, 0.15) is 39.5 Å². The molecule has 1 aliphatic heterocycles. The fourth-order valence-corrected chi connectivity index (χ4v) is 1.76. The molecule has 0 radical (unpaired) electrons. The van der Waals surface area contributed by atoms with E-state index in [-0.39, 0.29) is 0 Å². The lowest BCUT2D eigenvalue weighted by molar-refractivity contribution is 0.000763. The molecule has 1 fully saturated rings. The molecule has 0 bridgehead atoms. The number of hydrogen-bond donors (Lipinski definition) is 0. The lowest BCUT2D eigenvalue weighted by Gasteiger charge is -2.26. The summed E-state index contributed by atoms with van der Waals surface area (Å²) in [6, 6.07) is 0. The lowest BCUT2D eigenvalue weighted by atomic mass is 9.92. The normalized spacial score (nSPS) is 34.2. The van der Waals surface area contributed by atoms with Gasteiger partial charge in [-0.3, -0.25) is 0 Å². The van der Waals surface area contributed by atoms with Gasteiger partial charge >= 0.3 is 0 Å². The third-order valence-electron chi connectivity index (χ3n) is 2.29. The summed E-state index contributed by atoms with van der Waals surface area (Å²) in [5.41, 5.74) is 0. The summed E-state index contributed by atoms with van der Waals surface area (Å²) < 4.78 is 5.45. The molecule has 2 unspecified atom stereocenters. The first kappa shape index (κ1) is 8.06. The Morgan fingerprint density at radius 3 is 2.90 bits per heavy atom. The van der Waals surface area contributed by atoms with E-state index in [1.54, 1.807) is 0 Å². The summed E-state index contributed by atoms with van der Waals surface area (Å²) >= 11 is 0. The van der Waals surface area contributed by atoms with Gasteiger partial charge in [0.05, 0.1) is 6.10 Å². The van der Waals surface area contributed by atoms with Crippen LogP contribution in [0.2, 0.25) is 0 Å². The van der Waals surface area contributed by atoms with Crippen LogP contribution in [0.15, 0.2) is 0 Å². The van der Waals surface area contributed by atoms with Gasteiger partial charge in [-0.2, -0.15) is 0 Å². The van der Waals surface area contributed by atoms with E-state index in [9.17, 15) is 0 Å². The first-order valence-corrected chi connectivity index (χ1v) is 4.44. The average molecular weight is 142 g/mol. The minimum Gasteiger partial charge on any atom is -0.378 e. The molecule has 1 nitrogen and oxygen atoms in total. The van der Waals surface area contributed by atoms with Crippen LogP contribution in [0.3, 0.4) is 0 Å². The molecule has 0 saturated carbocycles. The molecule has 0 aliphatic carbocycles. The fourth-order valence-electron chi connectivity index (χ4n) is 1.76. The minimum absolute atomic E-state index is 0.519. The van der Waals surface area contributed by atoms with Gasteiger partial charge in [0.2, 0.25) is 0 Å². The van der Waals surface area contributed by atoms with Gasteiger partial charge in [0.25, 0.3) is 0 Å². The Morgan fingerprint density at radius 1 is 1.50 bits per heavy atom. The van der Waals surface area contributed by atoms with Crippen LogP contribution in [0.5, 0.6) is 0 Å². The standard InChI is InChI=1S/C9H18O/c1-3-4-9-5-6-10-8(2)7-9/h8-9H,3-7H2,1-2H3. The predicted molar refractivity (Wildman–Crippen MR) is 43.0 cm³/mol. The monoisotopic (exact) mass is 142 g/mol. The molecule has 60 valence electrons. The van der Waals surface area contributed by atoms with Gasteiger partial charge in [-0.25, -0.2) is 0 Å². The molecule has 0 N–H and O–H groups in total. The van der Waals surface area contributed by atoms with E-state index in [2.05, 4.69) is 13.8 Å². The van der Waals surface area contributed by atoms with Gasteiger partial charge in [0, 0.05) is 6.61 Å². The summed E-state index contributed by atoms with van der Waals surface area (Å²) in [6.45, 7) is 5.44. The summed E-state index contributed by atoms with van der Waals surface area (Å²) in [7, 11) is 0. The number of hydrogen-bond acceptors (Lipinski definition) is 1. The molecule has 1 saturated heterocycles. The van der Waals surface area contributed by atoms with Crippen LogP contribution in [-0.4, -0.2) is 12.7 Å². The maximum absolute atomic E-state index is 5.45. The molecule has 0 amide bonds. The van der Waals surface area contributed by atoms with Crippen molar-refractivity contribution in [2.24, 2.45) is 5.92 Å². The van der Waals surface area contributed by atoms with Crippen LogP contribution in [0, 0.1) is 5.92 Å². The largest absolute Gasteiger partial charge is 0.378 e. The Labute approximate surface area is 63.8 Å². The Morgan fingerprint density at radius 2 is 2.30 bits per heavy atom. The van der Waals surface area contributed by atoms with E-state index in [0.29, 0.717) is 6.10 Å². The summed E-state index contributed by atoms with van der Waals surface area (Å²) in [6.07, 6.45) is 5.82. The topological polar surface area (TPSA) is 9.23 Å². The quantitative estimate of drug-likeness (QED) is 0.576. The van der Waals surface area contributed by atoms with Gasteiger partial charge in [0.15, 0.2) is 0 Å². The van der Waals surface area contributed by atoms with Gasteiger partial charge < -0.3 is 4.74 Å². The highest BCUT2D eigenvalue weighted by molar-refractivity contribution is 4.67. The zero-order valence-electron chi connectivity index (χ0n) is 7.10. The van der Waals surface area contributed by atoms with Crippen molar-refractivity contribution in [3.8, 4) is 0 Å². The van der Waals surface area contributed by atoms with Crippen molar-refractivity contribution < 1.29 is 4.74 Å². The molecule has 1 rings (SSSR count). The molecular weight excluding hydrogens is 124 g/mol. The summed E-state index contributed by atoms with van der Waals surface area (Å²) in [4.78, 5) is 0. The molecule has 1 heteroatoms. The van der Waals surface area contributed by atoms with E-state index < -0.39 is 0 Å². The third-order valence-corrected chi connectivity index (χ3v) is 2.29. The lowest BCUT2D eigenvalue weighted by Crippen LogP contribution is -2.22. The van der Waals surface area contributed by atoms with Crippen molar-refractivity contribution in [2.75, 3.05) is 6.61 Å². The maximum atomic E-state index is 5.45.